The molecule has 0 bridgehead atoms. The van der Waals surface area contributed by atoms with Crippen LogP contribution in [-0.4, -0.2) is 12.4 Å². The van der Waals surface area contributed by atoms with Crippen LogP contribution in [-0.2, 0) is 5.41 Å². The van der Waals surface area contributed by atoms with Gasteiger partial charge in [-0.15, -0.1) is 0 Å². The first kappa shape index (κ1) is 14.4. The van der Waals surface area contributed by atoms with Crippen molar-refractivity contribution in [2.75, 3.05) is 6.61 Å². The molecule has 2 nitrogen and oxygen atoms in total. The summed E-state index contributed by atoms with van der Waals surface area (Å²) >= 11 is 12.1. The molecule has 0 aliphatic carbocycles. The molecule has 108 valence electrons. The van der Waals surface area contributed by atoms with Crippen LogP contribution in [0, 0.1) is 0 Å². The zero-order valence-corrected chi connectivity index (χ0v) is 13.3. The van der Waals surface area contributed by atoms with Crippen molar-refractivity contribution in [1.82, 2.24) is 0 Å². The first-order valence-electron chi connectivity index (χ1n) is 6.66. The SMILES string of the molecule is CC1(C)COc2ccc(C(=O)c3cccc(Cl)c3Cl)cc21. The maximum Gasteiger partial charge on any atom is 0.194 e. The number of halogens is 2. The van der Waals surface area contributed by atoms with Gasteiger partial charge in [0.1, 0.15) is 5.75 Å². The lowest BCUT2D eigenvalue weighted by Gasteiger charge is -2.15. The fraction of sp³-hybridized carbons (Fsp3) is 0.235. The van der Waals surface area contributed by atoms with E-state index in [-0.39, 0.29) is 11.2 Å². The molecule has 1 aliphatic heterocycles. The van der Waals surface area contributed by atoms with E-state index >= 15 is 0 Å². The molecule has 21 heavy (non-hydrogen) atoms. The number of fused-ring (bicyclic) bond motifs is 1. The van der Waals surface area contributed by atoms with Gasteiger partial charge in [0, 0.05) is 22.1 Å². The van der Waals surface area contributed by atoms with E-state index < -0.39 is 0 Å². The number of hydrogen-bond acceptors (Lipinski definition) is 2. The summed E-state index contributed by atoms with van der Waals surface area (Å²) in [4.78, 5) is 12.6. The molecule has 2 aromatic carbocycles. The van der Waals surface area contributed by atoms with Crippen LogP contribution in [0.5, 0.6) is 5.75 Å². The van der Waals surface area contributed by atoms with Crippen molar-refractivity contribution in [2.45, 2.75) is 19.3 Å². The Balaban J connectivity index is 2.06. The van der Waals surface area contributed by atoms with Gasteiger partial charge in [-0.1, -0.05) is 43.1 Å². The summed E-state index contributed by atoms with van der Waals surface area (Å²) in [5.74, 6) is 0.710. The van der Waals surface area contributed by atoms with E-state index in [9.17, 15) is 4.79 Å². The summed E-state index contributed by atoms with van der Waals surface area (Å²) in [5, 5.41) is 0.674. The summed E-state index contributed by atoms with van der Waals surface area (Å²) in [6.07, 6.45) is 0. The third kappa shape index (κ3) is 2.43. The number of ketones is 1. The Morgan fingerprint density at radius 1 is 1.19 bits per heavy atom. The molecule has 3 rings (SSSR count). The van der Waals surface area contributed by atoms with Crippen molar-refractivity contribution in [2.24, 2.45) is 0 Å². The number of carbonyl (C=O) groups excluding carboxylic acids is 1. The number of hydrogen-bond donors (Lipinski definition) is 0. The number of rotatable bonds is 2. The molecule has 0 atom stereocenters. The molecule has 0 saturated carbocycles. The molecule has 0 radical (unpaired) electrons. The van der Waals surface area contributed by atoms with Gasteiger partial charge in [0.15, 0.2) is 5.78 Å². The number of carbonyl (C=O) groups is 1. The van der Waals surface area contributed by atoms with Crippen LogP contribution in [0.1, 0.15) is 35.3 Å². The quantitative estimate of drug-likeness (QED) is 0.736. The van der Waals surface area contributed by atoms with Crippen LogP contribution in [0.2, 0.25) is 10.0 Å². The molecule has 0 fully saturated rings. The van der Waals surface area contributed by atoms with E-state index in [1.807, 2.05) is 12.1 Å². The van der Waals surface area contributed by atoms with Gasteiger partial charge in [0.05, 0.1) is 16.7 Å². The lowest BCUT2D eigenvalue weighted by Crippen LogP contribution is -2.18. The molecular formula is C17H14Cl2O2. The lowest BCUT2D eigenvalue weighted by molar-refractivity contribution is 0.103. The predicted molar refractivity (Wildman–Crippen MR) is 84.9 cm³/mol. The molecule has 2 aromatic rings. The first-order valence-corrected chi connectivity index (χ1v) is 7.42. The predicted octanol–water partition coefficient (Wildman–Crippen LogP) is 4.89. The van der Waals surface area contributed by atoms with Crippen molar-refractivity contribution in [3.63, 3.8) is 0 Å². The van der Waals surface area contributed by atoms with Crippen molar-refractivity contribution < 1.29 is 9.53 Å². The van der Waals surface area contributed by atoms with Gasteiger partial charge in [0.25, 0.3) is 0 Å². The highest BCUT2D eigenvalue weighted by Gasteiger charge is 2.32. The maximum atomic E-state index is 12.6. The van der Waals surface area contributed by atoms with E-state index in [2.05, 4.69) is 13.8 Å². The summed E-state index contributed by atoms with van der Waals surface area (Å²) in [7, 11) is 0. The Labute approximate surface area is 133 Å². The molecule has 4 heteroatoms. The summed E-state index contributed by atoms with van der Waals surface area (Å²) in [6, 6.07) is 10.6. The summed E-state index contributed by atoms with van der Waals surface area (Å²) in [5.41, 5.74) is 1.97. The van der Waals surface area contributed by atoms with Crippen LogP contribution < -0.4 is 4.74 Å². The average Bonchev–Trinajstić information content (AvgIpc) is 2.76. The number of benzene rings is 2. The summed E-state index contributed by atoms with van der Waals surface area (Å²) in [6.45, 7) is 4.82. The van der Waals surface area contributed by atoms with Gasteiger partial charge in [-0.2, -0.15) is 0 Å². The monoisotopic (exact) mass is 320 g/mol. The Morgan fingerprint density at radius 3 is 2.71 bits per heavy atom. The van der Waals surface area contributed by atoms with E-state index in [1.54, 1.807) is 24.3 Å². The van der Waals surface area contributed by atoms with Gasteiger partial charge >= 0.3 is 0 Å². The van der Waals surface area contributed by atoms with E-state index in [1.165, 1.54) is 0 Å². The third-order valence-electron chi connectivity index (χ3n) is 3.76. The molecule has 1 aliphatic rings. The van der Waals surface area contributed by atoms with Crippen LogP contribution in [0.25, 0.3) is 0 Å². The normalized spacial score (nSPS) is 15.4. The molecule has 0 spiro atoms. The van der Waals surface area contributed by atoms with Gasteiger partial charge in [-0.05, 0) is 30.3 Å². The second-order valence-corrected chi connectivity index (χ2v) is 6.60. The van der Waals surface area contributed by atoms with Crippen LogP contribution in [0.4, 0.5) is 0 Å². The fourth-order valence-electron chi connectivity index (χ4n) is 2.50. The molecule has 0 unspecified atom stereocenters. The Morgan fingerprint density at radius 2 is 1.95 bits per heavy atom. The largest absolute Gasteiger partial charge is 0.492 e. The van der Waals surface area contributed by atoms with E-state index in [4.69, 9.17) is 27.9 Å². The highest BCUT2D eigenvalue weighted by atomic mass is 35.5. The molecule has 0 aromatic heterocycles. The highest BCUT2D eigenvalue weighted by Crippen LogP contribution is 2.39. The van der Waals surface area contributed by atoms with Crippen molar-refractivity contribution >= 4 is 29.0 Å². The zero-order valence-electron chi connectivity index (χ0n) is 11.7. The van der Waals surface area contributed by atoms with Gasteiger partial charge in [-0.25, -0.2) is 0 Å². The molecular weight excluding hydrogens is 307 g/mol. The van der Waals surface area contributed by atoms with Gasteiger partial charge < -0.3 is 4.74 Å². The summed E-state index contributed by atoms with van der Waals surface area (Å²) < 4.78 is 5.64. The van der Waals surface area contributed by atoms with Crippen molar-refractivity contribution in [3.8, 4) is 5.75 Å². The minimum absolute atomic E-state index is 0.0935. The Kier molecular flexibility index (Phi) is 3.46. The number of ether oxygens (including phenoxy) is 1. The Bertz CT molecular complexity index is 736. The maximum absolute atomic E-state index is 12.6. The van der Waals surface area contributed by atoms with Gasteiger partial charge in [-0.3, -0.25) is 4.79 Å². The standard InChI is InChI=1S/C17H14Cl2O2/c1-17(2)9-21-14-7-6-10(8-12(14)17)16(20)11-4-3-5-13(18)15(11)19/h3-8H,9H2,1-2H3. The van der Waals surface area contributed by atoms with Crippen LogP contribution in [0.15, 0.2) is 36.4 Å². The van der Waals surface area contributed by atoms with Crippen LogP contribution in [0.3, 0.4) is 0 Å². The minimum Gasteiger partial charge on any atom is -0.492 e. The van der Waals surface area contributed by atoms with Crippen molar-refractivity contribution in [3.05, 3.63) is 63.1 Å². The molecule has 0 amide bonds. The minimum atomic E-state index is -0.131. The molecule has 0 N–H and O–H groups in total. The topological polar surface area (TPSA) is 26.3 Å². The fourth-order valence-corrected chi connectivity index (χ4v) is 2.88. The first-order chi connectivity index (χ1) is 9.90. The second-order valence-electron chi connectivity index (χ2n) is 5.81. The average molecular weight is 321 g/mol. The Hall–Kier alpha value is -1.51. The molecule has 1 heterocycles. The highest BCUT2D eigenvalue weighted by molar-refractivity contribution is 6.44. The zero-order chi connectivity index (χ0) is 15.2. The lowest BCUT2D eigenvalue weighted by atomic mass is 9.85. The second kappa shape index (κ2) is 5.04. The smallest absolute Gasteiger partial charge is 0.194 e. The van der Waals surface area contributed by atoms with E-state index in [0.717, 1.165) is 11.3 Å². The van der Waals surface area contributed by atoms with E-state index in [0.29, 0.717) is 27.8 Å². The van der Waals surface area contributed by atoms with Gasteiger partial charge in [0.2, 0.25) is 0 Å². The third-order valence-corrected chi connectivity index (χ3v) is 4.57. The molecule has 0 saturated heterocycles. The van der Waals surface area contributed by atoms with Crippen molar-refractivity contribution in [1.29, 1.82) is 0 Å². The van der Waals surface area contributed by atoms with Crippen LogP contribution >= 0.6 is 23.2 Å².